The minimum atomic E-state index is -0.561. The number of aryl methyl sites for hydroxylation is 1. The average molecular weight is 473 g/mol. The molecule has 0 bridgehead atoms. The van der Waals surface area contributed by atoms with E-state index in [-0.39, 0.29) is 42.5 Å². The molecule has 2 saturated heterocycles. The number of rotatable bonds is 5. The van der Waals surface area contributed by atoms with E-state index in [1.165, 1.54) is 10.5 Å². The predicted octanol–water partition coefficient (Wildman–Crippen LogP) is 4.05. The largest absolute Gasteiger partial charge is 0.426 e. The molecule has 2 heterocycles. The van der Waals surface area contributed by atoms with Crippen LogP contribution in [0.3, 0.4) is 0 Å². The number of fused-ring (bicyclic) bond motifs is 1. The number of ether oxygens (including phenoxy) is 1. The first-order chi connectivity index (χ1) is 16.9. The number of anilines is 2. The van der Waals surface area contributed by atoms with Crippen LogP contribution in [0.1, 0.15) is 38.7 Å². The third-order valence-electron chi connectivity index (χ3n) is 7.25. The minimum Gasteiger partial charge on any atom is -0.426 e. The topological polar surface area (TPSA) is 84.0 Å². The Labute approximate surface area is 204 Å². The second kappa shape index (κ2) is 9.13. The Hall–Kier alpha value is -3.74. The van der Waals surface area contributed by atoms with Crippen molar-refractivity contribution in [2.75, 3.05) is 16.3 Å². The van der Waals surface area contributed by atoms with Gasteiger partial charge < -0.3 is 9.64 Å². The van der Waals surface area contributed by atoms with Crippen molar-refractivity contribution in [2.24, 2.45) is 17.8 Å². The van der Waals surface area contributed by atoms with Gasteiger partial charge in [-0.1, -0.05) is 30.7 Å². The number of hydrogen-bond acceptors (Lipinski definition) is 5. The molecule has 35 heavy (non-hydrogen) atoms. The molecule has 0 radical (unpaired) electrons. The lowest BCUT2D eigenvalue weighted by Crippen LogP contribution is -2.30. The number of carbonyl (C=O) groups is 4. The molecule has 0 spiro atoms. The number of esters is 1. The summed E-state index contributed by atoms with van der Waals surface area (Å²) in [7, 11) is 0. The molecule has 2 fully saturated rings. The molecule has 0 aromatic heterocycles. The van der Waals surface area contributed by atoms with Crippen LogP contribution in [0.15, 0.2) is 60.2 Å². The van der Waals surface area contributed by atoms with Crippen molar-refractivity contribution in [1.29, 1.82) is 0 Å². The smallest absolute Gasteiger partial charge is 0.316 e. The van der Waals surface area contributed by atoms with Crippen LogP contribution in [-0.2, 0) is 25.6 Å². The lowest BCUT2D eigenvalue weighted by atomic mass is 9.82. The predicted molar refractivity (Wildman–Crippen MR) is 131 cm³/mol. The number of nitrogens with zero attached hydrogens (tertiary/aromatic N) is 2. The molecule has 3 aliphatic rings. The fourth-order valence-electron chi connectivity index (χ4n) is 5.18. The standard InChI is InChI=1S/C28H28N2O5/c1-3-18-5-7-20(8-6-18)29-16-19(15-25(29)31)28(34)35-22-11-9-21(10-12-22)30-26(32)23-13-4-17(2)14-24(23)27(30)33/h4-12,19,23-24H,3,13-16H2,1-2H3/t19-,23+,24+/m1/s1. The van der Waals surface area contributed by atoms with Crippen LogP contribution in [-0.4, -0.2) is 30.2 Å². The number of benzene rings is 2. The van der Waals surface area contributed by atoms with E-state index in [0.29, 0.717) is 24.3 Å². The van der Waals surface area contributed by atoms with Crippen molar-refractivity contribution in [3.8, 4) is 5.75 Å². The van der Waals surface area contributed by atoms with Gasteiger partial charge in [0.15, 0.2) is 0 Å². The SMILES string of the molecule is CCc1ccc(N2C[C@H](C(=O)Oc3ccc(N4C(=O)[C@H]5CC=C(C)C[C@@H]5C4=O)cc3)CC2=O)cc1. The summed E-state index contributed by atoms with van der Waals surface area (Å²) in [5.74, 6) is -1.78. The molecular formula is C28H28N2O5. The molecule has 0 N–H and O–H groups in total. The van der Waals surface area contributed by atoms with E-state index in [2.05, 4.69) is 6.92 Å². The van der Waals surface area contributed by atoms with Crippen molar-refractivity contribution in [3.05, 3.63) is 65.7 Å². The van der Waals surface area contributed by atoms with Crippen LogP contribution in [0.2, 0.25) is 0 Å². The fourth-order valence-corrected chi connectivity index (χ4v) is 5.18. The summed E-state index contributed by atoms with van der Waals surface area (Å²) in [6, 6.07) is 14.2. The quantitative estimate of drug-likeness (QED) is 0.284. The summed E-state index contributed by atoms with van der Waals surface area (Å²) < 4.78 is 5.53. The van der Waals surface area contributed by atoms with Gasteiger partial charge in [0.1, 0.15) is 5.75 Å². The van der Waals surface area contributed by atoms with E-state index in [9.17, 15) is 19.2 Å². The molecule has 0 saturated carbocycles. The Kier molecular flexibility index (Phi) is 6.01. The van der Waals surface area contributed by atoms with E-state index in [1.54, 1.807) is 29.2 Å². The van der Waals surface area contributed by atoms with Gasteiger partial charge in [0, 0.05) is 18.7 Å². The Bertz CT molecular complexity index is 1210. The number of carbonyl (C=O) groups excluding carboxylic acids is 4. The van der Waals surface area contributed by atoms with E-state index in [4.69, 9.17) is 4.74 Å². The van der Waals surface area contributed by atoms with Crippen LogP contribution >= 0.6 is 0 Å². The minimum absolute atomic E-state index is 0.0967. The summed E-state index contributed by atoms with van der Waals surface area (Å²) in [5, 5.41) is 0. The highest BCUT2D eigenvalue weighted by Gasteiger charge is 2.48. The normalized spacial score (nSPS) is 24.0. The maximum Gasteiger partial charge on any atom is 0.316 e. The molecule has 180 valence electrons. The molecule has 2 aliphatic heterocycles. The third-order valence-corrected chi connectivity index (χ3v) is 7.25. The van der Waals surface area contributed by atoms with Gasteiger partial charge in [0.2, 0.25) is 17.7 Å². The van der Waals surface area contributed by atoms with Gasteiger partial charge >= 0.3 is 5.97 Å². The summed E-state index contributed by atoms with van der Waals surface area (Å²) in [6.45, 7) is 4.33. The number of amides is 3. The van der Waals surface area contributed by atoms with Crippen LogP contribution in [0, 0.1) is 17.8 Å². The summed E-state index contributed by atoms with van der Waals surface area (Å²) in [5.41, 5.74) is 3.57. The van der Waals surface area contributed by atoms with Crippen molar-refractivity contribution in [2.45, 2.75) is 39.5 Å². The van der Waals surface area contributed by atoms with Crippen molar-refractivity contribution in [3.63, 3.8) is 0 Å². The number of imide groups is 1. The van der Waals surface area contributed by atoms with Gasteiger partial charge in [-0.05, 0) is 68.1 Å². The molecule has 1 aliphatic carbocycles. The van der Waals surface area contributed by atoms with E-state index in [1.807, 2.05) is 37.3 Å². The van der Waals surface area contributed by atoms with Crippen molar-refractivity contribution in [1.82, 2.24) is 0 Å². The first-order valence-corrected chi connectivity index (χ1v) is 12.1. The highest BCUT2D eigenvalue weighted by atomic mass is 16.5. The van der Waals surface area contributed by atoms with Crippen molar-refractivity contribution < 1.29 is 23.9 Å². The molecule has 5 rings (SSSR count). The second-order valence-corrected chi connectivity index (χ2v) is 9.56. The van der Waals surface area contributed by atoms with Gasteiger partial charge in [-0.2, -0.15) is 0 Å². The Morgan fingerprint density at radius 3 is 2.26 bits per heavy atom. The van der Waals surface area contributed by atoms with Crippen LogP contribution in [0.5, 0.6) is 5.75 Å². The fraction of sp³-hybridized carbons (Fsp3) is 0.357. The zero-order valence-corrected chi connectivity index (χ0v) is 19.9. The summed E-state index contributed by atoms with van der Waals surface area (Å²) >= 11 is 0. The highest BCUT2D eigenvalue weighted by Crippen LogP contribution is 2.40. The van der Waals surface area contributed by atoms with Gasteiger partial charge in [-0.25, -0.2) is 0 Å². The molecular weight excluding hydrogens is 444 g/mol. The second-order valence-electron chi connectivity index (χ2n) is 9.56. The number of allylic oxidation sites excluding steroid dienone is 2. The van der Waals surface area contributed by atoms with Crippen LogP contribution in [0.4, 0.5) is 11.4 Å². The Morgan fingerprint density at radius 1 is 0.914 bits per heavy atom. The maximum atomic E-state index is 12.9. The molecule has 7 heteroatoms. The third kappa shape index (κ3) is 4.27. The highest BCUT2D eigenvalue weighted by molar-refractivity contribution is 6.22. The molecule has 7 nitrogen and oxygen atoms in total. The first kappa shape index (κ1) is 23.0. The van der Waals surface area contributed by atoms with Crippen molar-refractivity contribution >= 4 is 35.1 Å². The summed E-state index contributed by atoms with van der Waals surface area (Å²) in [6.07, 6.45) is 4.25. The first-order valence-electron chi connectivity index (χ1n) is 12.1. The van der Waals surface area contributed by atoms with Gasteiger partial charge in [-0.3, -0.25) is 24.1 Å². The number of hydrogen-bond donors (Lipinski definition) is 0. The molecule has 0 unspecified atom stereocenters. The van der Waals surface area contributed by atoms with E-state index >= 15 is 0 Å². The zero-order valence-electron chi connectivity index (χ0n) is 19.9. The lowest BCUT2D eigenvalue weighted by Gasteiger charge is -2.18. The van der Waals surface area contributed by atoms with E-state index < -0.39 is 11.9 Å². The molecule has 2 aromatic rings. The molecule has 2 aromatic carbocycles. The monoisotopic (exact) mass is 472 g/mol. The zero-order chi connectivity index (χ0) is 24.7. The summed E-state index contributed by atoms with van der Waals surface area (Å²) in [4.78, 5) is 53.9. The maximum absolute atomic E-state index is 12.9. The van der Waals surface area contributed by atoms with Gasteiger partial charge in [-0.15, -0.1) is 0 Å². The lowest BCUT2D eigenvalue weighted by molar-refractivity contribution is -0.139. The molecule has 3 atom stereocenters. The molecule has 3 amide bonds. The Morgan fingerprint density at radius 2 is 1.57 bits per heavy atom. The average Bonchev–Trinajstić information content (AvgIpc) is 3.37. The van der Waals surface area contributed by atoms with Crippen LogP contribution in [0.25, 0.3) is 0 Å². The van der Waals surface area contributed by atoms with Gasteiger partial charge in [0.05, 0.1) is 23.4 Å². The van der Waals surface area contributed by atoms with E-state index in [0.717, 1.165) is 17.7 Å². The van der Waals surface area contributed by atoms with Crippen LogP contribution < -0.4 is 14.5 Å². The Balaban J connectivity index is 1.23. The van der Waals surface area contributed by atoms with Gasteiger partial charge in [0.25, 0.3) is 0 Å².